The number of aromatic nitrogens is 4. The summed E-state index contributed by atoms with van der Waals surface area (Å²) >= 11 is 1.67. The van der Waals surface area contributed by atoms with Gasteiger partial charge in [0.15, 0.2) is 5.16 Å². The fourth-order valence-corrected chi connectivity index (χ4v) is 3.71. The first kappa shape index (κ1) is 17.5. The summed E-state index contributed by atoms with van der Waals surface area (Å²) in [6.45, 7) is 0.543. The fourth-order valence-electron chi connectivity index (χ4n) is 2.80. The number of rotatable bonds is 8. The van der Waals surface area contributed by atoms with Gasteiger partial charge in [0, 0.05) is 24.6 Å². The number of benzene rings is 2. The molecule has 4 rings (SSSR count). The van der Waals surface area contributed by atoms with Gasteiger partial charge < -0.3 is 4.74 Å². The number of nitrogens with zero attached hydrogens (tertiary/aromatic N) is 4. The van der Waals surface area contributed by atoms with E-state index in [0.717, 1.165) is 23.8 Å². The topological polar surface area (TPSA) is 52.3 Å². The van der Waals surface area contributed by atoms with E-state index >= 15 is 0 Å². The number of thioether (sulfide) groups is 1. The molecular weight excluding hydrogens is 356 g/mol. The van der Waals surface area contributed by atoms with Crippen LogP contribution in [0.25, 0.3) is 5.65 Å². The Labute approximate surface area is 162 Å². The van der Waals surface area contributed by atoms with E-state index in [0.29, 0.717) is 18.1 Å². The minimum absolute atomic E-state index is 0.475. The van der Waals surface area contributed by atoms with Crippen LogP contribution in [0.5, 0.6) is 5.88 Å². The second-order valence-electron chi connectivity index (χ2n) is 6.08. The second-order valence-corrected chi connectivity index (χ2v) is 7.14. The normalized spacial score (nSPS) is 11.0. The molecule has 0 aliphatic carbocycles. The molecule has 0 aliphatic heterocycles. The molecule has 2 heterocycles. The molecule has 6 heteroatoms. The predicted octanol–water partition coefficient (Wildman–Crippen LogP) is 4.08. The van der Waals surface area contributed by atoms with Gasteiger partial charge >= 0.3 is 0 Å². The van der Waals surface area contributed by atoms with E-state index in [2.05, 4.69) is 51.6 Å². The minimum Gasteiger partial charge on any atom is -0.474 e. The van der Waals surface area contributed by atoms with Gasteiger partial charge in [-0.2, -0.15) is 0 Å². The highest BCUT2D eigenvalue weighted by atomic mass is 32.2. The summed E-state index contributed by atoms with van der Waals surface area (Å²) in [4.78, 5) is 4.39. The van der Waals surface area contributed by atoms with Crippen LogP contribution in [-0.2, 0) is 12.8 Å². The third-order valence-corrected chi connectivity index (χ3v) is 5.15. The fraction of sp³-hybridized carbons (Fsp3) is 0.190. The molecule has 0 bridgehead atoms. The Balaban J connectivity index is 1.39. The van der Waals surface area contributed by atoms with Gasteiger partial charge in [0.2, 0.25) is 5.65 Å². The SMILES string of the molecule is c1ccc(CCOc2nnc(SCCc3ccccc3)n3ccnc23)cc1. The second kappa shape index (κ2) is 8.68. The van der Waals surface area contributed by atoms with Crippen LogP contribution in [0.2, 0.25) is 0 Å². The van der Waals surface area contributed by atoms with Crippen LogP contribution in [0, 0.1) is 0 Å². The lowest BCUT2D eigenvalue weighted by molar-refractivity contribution is 0.305. The highest BCUT2D eigenvalue weighted by Crippen LogP contribution is 2.22. The molecule has 0 N–H and O–H groups in total. The van der Waals surface area contributed by atoms with E-state index in [1.165, 1.54) is 11.1 Å². The van der Waals surface area contributed by atoms with Crippen molar-refractivity contribution in [3.8, 4) is 5.88 Å². The molecule has 0 atom stereocenters. The van der Waals surface area contributed by atoms with E-state index in [9.17, 15) is 0 Å². The van der Waals surface area contributed by atoms with Crippen molar-refractivity contribution >= 4 is 17.4 Å². The van der Waals surface area contributed by atoms with Crippen molar-refractivity contribution in [2.45, 2.75) is 18.0 Å². The molecule has 136 valence electrons. The lowest BCUT2D eigenvalue weighted by atomic mass is 10.2. The highest BCUT2D eigenvalue weighted by Gasteiger charge is 2.12. The molecule has 0 saturated heterocycles. The largest absolute Gasteiger partial charge is 0.474 e. The first-order valence-corrected chi connectivity index (χ1v) is 9.92. The lowest BCUT2D eigenvalue weighted by Crippen LogP contribution is -2.07. The van der Waals surface area contributed by atoms with Crippen LogP contribution in [0.1, 0.15) is 11.1 Å². The van der Waals surface area contributed by atoms with E-state index in [-0.39, 0.29) is 0 Å². The Morgan fingerprint density at radius 1 is 0.852 bits per heavy atom. The first-order valence-electron chi connectivity index (χ1n) is 8.93. The lowest BCUT2D eigenvalue weighted by Gasteiger charge is -2.08. The number of imidazole rings is 1. The minimum atomic E-state index is 0.475. The molecule has 4 aromatic rings. The van der Waals surface area contributed by atoms with Crippen LogP contribution < -0.4 is 4.74 Å². The number of hydrogen-bond donors (Lipinski definition) is 0. The maximum atomic E-state index is 5.84. The van der Waals surface area contributed by atoms with E-state index in [1.807, 2.05) is 34.9 Å². The summed E-state index contributed by atoms with van der Waals surface area (Å²) in [5.74, 6) is 1.41. The summed E-state index contributed by atoms with van der Waals surface area (Å²) in [5.41, 5.74) is 3.26. The molecule has 2 aromatic heterocycles. The van der Waals surface area contributed by atoms with E-state index in [4.69, 9.17) is 4.74 Å². The molecule has 27 heavy (non-hydrogen) atoms. The molecule has 0 unspecified atom stereocenters. The van der Waals surface area contributed by atoms with E-state index < -0.39 is 0 Å². The molecule has 0 saturated carbocycles. The molecule has 0 spiro atoms. The third kappa shape index (κ3) is 4.46. The Hall–Kier alpha value is -2.86. The smallest absolute Gasteiger partial charge is 0.277 e. The van der Waals surface area contributed by atoms with Crippen LogP contribution in [-0.4, -0.2) is 31.9 Å². The van der Waals surface area contributed by atoms with Crippen molar-refractivity contribution in [2.75, 3.05) is 12.4 Å². The van der Waals surface area contributed by atoms with Gasteiger partial charge in [-0.3, -0.25) is 4.40 Å². The van der Waals surface area contributed by atoms with Crippen molar-refractivity contribution in [1.29, 1.82) is 0 Å². The number of fused-ring (bicyclic) bond motifs is 1. The maximum absolute atomic E-state index is 5.84. The van der Waals surface area contributed by atoms with Crippen molar-refractivity contribution in [1.82, 2.24) is 19.6 Å². The summed E-state index contributed by atoms with van der Waals surface area (Å²) in [5, 5.41) is 9.43. The van der Waals surface area contributed by atoms with Crippen molar-refractivity contribution in [2.24, 2.45) is 0 Å². The van der Waals surface area contributed by atoms with E-state index in [1.54, 1.807) is 18.0 Å². The Morgan fingerprint density at radius 2 is 1.56 bits per heavy atom. The van der Waals surface area contributed by atoms with Gasteiger partial charge in [0.25, 0.3) is 5.88 Å². The molecule has 0 aliphatic rings. The average molecular weight is 376 g/mol. The van der Waals surface area contributed by atoms with Gasteiger partial charge in [0.1, 0.15) is 0 Å². The summed E-state index contributed by atoms with van der Waals surface area (Å²) in [6, 6.07) is 20.7. The Bertz CT molecular complexity index is 909. The summed E-state index contributed by atoms with van der Waals surface area (Å²) in [6.07, 6.45) is 5.46. The monoisotopic (exact) mass is 376 g/mol. The number of hydrogen-bond acceptors (Lipinski definition) is 5. The van der Waals surface area contributed by atoms with Crippen LogP contribution in [0.15, 0.2) is 78.2 Å². The molecule has 0 amide bonds. The van der Waals surface area contributed by atoms with Crippen LogP contribution in [0.3, 0.4) is 0 Å². The zero-order valence-electron chi connectivity index (χ0n) is 14.9. The highest BCUT2D eigenvalue weighted by molar-refractivity contribution is 7.99. The maximum Gasteiger partial charge on any atom is 0.277 e. The van der Waals surface area contributed by atoms with Gasteiger partial charge in [-0.1, -0.05) is 72.4 Å². The zero-order valence-corrected chi connectivity index (χ0v) is 15.7. The quantitative estimate of drug-likeness (QED) is 0.434. The van der Waals surface area contributed by atoms with Crippen molar-refractivity contribution in [3.63, 3.8) is 0 Å². The summed E-state index contributed by atoms with van der Waals surface area (Å²) < 4.78 is 7.79. The molecule has 0 fully saturated rings. The van der Waals surface area contributed by atoms with Crippen LogP contribution >= 0.6 is 11.8 Å². The first-order chi connectivity index (χ1) is 13.4. The third-order valence-electron chi connectivity index (χ3n) is 4.20. The zero-order chi connectivity index (χ0) is 18.3. The van der Waals surface area contributed by atoms with Crippen molar-refractivity contribution in [3.05, 3.63) is 84.2 Å². The van der Waals surface area contributed by atoms with Crippen molar-refractivity contribution < 1.29 is 4.74 Å². The van der Waals surface area contributed by atoms with Gasteiger partial charge in [-0.05, 0) is 17.5 Å². The molecule has 0 radical (unpaired) electrons. The molecule has 5 nitrogen and oxygen atoms in total. The number of ether oxygens (including phenoxy) is 1. The molecule has 2 aromatic carbocycles. The average Bonchev–Trinajstić information content (AvgIpc) is 3.21. The van der Waals surface area contributed by atoms with Gasteiger partial charge in [0.05, 0.1) is 6.61 Å². The molecular formula is C21H20N4OS. The summed E-state index contributed by atoms with van der Waals surface area (Å²) in [7, 11) is 0. The Kier molecular flexibility index (Phi) is 5.64. The van der Waals surface area contributed by atoms with Gasteiger partial charge in [-0.25, -0.2) is 4.98 Å². The Morgan fingerprint density at radius 3 is 2.30 bits per heavy atom. The van der Waals surface area contributed by atoms with Gasteiger partial charge in [-0.15, -0.1) is 10.2 Å². The predicted molar refractivity (Wildman–Crippen MR) is 107 cm³/mol. The number of aryl methyl sites for hydroxylation is 1. The standard InChI is InChI=1S/C21H20N4OS/c1-3-7-17(8-4-1)11-15-26-20-19-22-13-14-25(19)21(24-23-20)27-16-12-18-9-5-2-6-10-18/h1-10,13-14H,11-12,15-16H2. The van der Waals surface area contributed by atoms with Crippen LogP contribution in [0.4, 0.5) is 0 Å².